The van der Waals surface area contributed by atoms with Gasteiger partial charge in [-0.2, -0.15) is 0 Å². The van der Waals surface area contributed by atoms with E-state index in [1.54, 1.807) is 12.1 Å². The topological polar surface area (TPSA) is 85.1 Å². The minimum atomic E-state index is -0.565. The number of para-hydroxylation sites is 1. The summed E-state index contributed by atoms with van der Waals surface area (Å²) < 4.78 is 0. The van der Waals surface area contributed by atoms with Gasteiger partial charge in [0.1, 0.15) is 5.00 Å². The Bertz CT molecular complexity index is 1360. The Morgan fingerprint density at radius 3 is 2.52 bits per heavy atom. The number of thiophene rings is 1. The van der Waals surface area contributed by atoms with Crippen molar-refractivity contribution in [2.75, 3.05) is 5.32 Å². The lowest BCUT2D eigenvalue weighted by Gasteiger charge is -2.12. The van der Waals surface area contributed by atoms with Crippen LogP contribution in [0.25, 0.3) is 22.2 Å². The third-order valence-electron chi connectivity index (χ3n) is 5.29. The van der Waals surface area contributed by atoms with Crippen molar-refractivity contribution >= 4 is 50.7 Å². The summed E-state index contributed by atoms with van der Waals surface area (Å²) in [5, 5.41) is 4.61. The lowest BCUT2D eigenvalue weighted by Crippen LogP contribution is -2.18. The van der Waals surface area contributed by atoms with E-state index in [1.807, 2.05) is 57.2 Å². The molecule has 2 aromatic heterocycles. The minimum Gasteiger partial charge on any atom is -0.365 e. The van der Waals surface area contributed by atoms with E-state index >= 15 is 0 Å². The van der Waals surface area contributed by atoms with Gasteiger partial charge in [-0.3, -0.25) is 9.59 Å². The van der Waals surface area contributed by atoms with Crippen molar-refractivity contribution in [2.45, 2.75) is 20.8 Å². The van der Waals surface area contributed by atoms with Gasteiger partial charge in [-0.1, -0.05) is 48.0 Å². The Morgan fingerprint density at radius 2 is 1.81 bits per heavy atom. The number of hydrogen-bond donors (Lipinski definition) is 2. The number of nitrogens with one attached hydrogen (secondary N) is 1. The molecule has 2 amide bonds. The van der Waals surface area contributed by atoms with E-state index in [4.69, 9.17) is 22.3 Å². The highest BCUT2D eigenvalue weighted by molar-refractivity contribution is 7.16. The molecule has 2 aromatic carbocycles. The van der Waals surface area contributed by atoms with Crippen LogP contribution in [-0.4, -0.2) is 16.8 Å². The van der Waals surface area contributed by atoms with Crippen LogP contribution < -0.4 is 11.1 Å². The number of pyridine rings is 1. The predicted octanol–water partition coefficient (Wildman–Crippen LogP) is 5.89. The first-order valence-electron chi connectivity index (χ1n) is 9.64. The van der Waals surface area contributed by atoms with Gasteiger partial charge in [0.2, 0.25) is 0 Å². The monoisotopic (exact) mass is 449 g/mol. The van der Waals surface area contributed by atoms with E-state index in [0.717, 1.165) is 32.5 Å². The summed E-state index contributed by atoms with van der Waals surface area (Å²) >= 11 is 7.73. The van der Waals surface area contributed by atoms with Crippen molar-refractivity contribution < 1.29 is 9.59 Å². The van der Waals surface area contributed by atoms with E-state index < -0.39 is 5.91 Å². The van der Waals surface area contributed by atoms with E-state index in [2.05, 4.69) is 5.32 Å². The van der Waals surface area contributed by atoms with Gasteiger partial charge in [0, 0.05) is 20.8 Å². The van der Waals surface area contributed by atoms with Crippen LogP contribution in [0.3, 0.4) is 0 Å². The first-order valence-corrected chi connectivity index (χ1v) is 10.8. The quantitative estimate of drug-likeness (QED) is 0.407. The molecule has 5 nitrogen and oxygen atoms in total. The molecular formula is C24H20ClN3O2S. The molecule has 0 atom stereocenters. The van der Waals surface area contributed by atoms with Gasteiger partial charge < -0.3 is 11.1 Å². The number of halogens is 1. The molecule has 0 spiro atoms. The van der Waals surface area contributed by atoms with Crippen molar-refractivity contribution in [1.29, 1.82) is 0 Å². The van der Waals surface area contributed by atoms with E-state index in [0.29, 0.717) is 26.8 Å². The summed E-state index contributed by atoms with van der Waals surface area (Å²) in [6.45, 7) is 5.66. The fourth-order valence-corrected chi connectivity index (χ4v) is 4.86. The Labute approximate surface area is 188 Å². The number of anilines is 1. The molecule has 4 rings (SSSR count). The number of nitrogens with two attached hydrogens (primary N) is 1. The first-order chi connectivity index (χ1) is 14.8. The van der Waals surface area contributed by atoms with Crippen LogP contribution in [0.2, 0.25) is 5.02 Å². The Morgan fingerprint density at radius 1 is 1.06 bits per heavy atom. The van der Waals surface area contributed by atoms with Crippen molar-refractivity contribution in [2.24, 2.45) is 5.73 Å². The van der Waals surface area contributed by atoms with E-state index in [9.17, 15) is 9.59 Å². The maximum absolute atomic E-state index is 13.4. The SMILES string of the molecule is Cc1sc(NC(=O)c2cc(-c3ccccc3Cl)nc3c(C)cccc23)c(C(N)=O)c1C. The first kappa shape index (κ1) is 21.0. The summed E-state index contributed by atoms with van der Waals surface area (Å²) in [5.41, 5.74) is 10.1. The standard InChI is InChI=1S/C24H20ClN3O2S/c1-12-7-6-9-15-17(11-19(27-21(12)15)16-8-4-5-10-18(16)25)23(30)28-24-20(22(26)29)13(2)14(3)31-24/h4-11H,1-3H3,(H2,26,29)(H,28,30). The molecule has 0 fully saturated rings. The van der Waals surface area contributed by atoms with Gasteiger partial charge in [-0.15, -0.1) is 11.3 Å². The van der Waals surface area contributed by atoms with E-state index in [-0.39, 0.29) is 5.91 Å². The molecule has 156 valence electrons. The van der Waals surface area contributed by atoms with Crippen molar-refractivity contribution in [3.63, 3.8) is 0 Å². The Kier molecular flexibility index (Phi) is 5.52. The van der Waals surface area contributed by atoms with Crippen molar-refractivity contribution in [3.8, 4) is 11.3 Å². The van der Waals surface area contributed by atoms with Crippen LogP contribution in [0.1, 0.15) is 36.7 Å². The normalized spacial score (nSPS) is 11.0. The van der Waals surface area contributed by atoms with Crippen LogP contribution >= 0.6 is 22.9 Å². The summed E-state index contributed by atoms with van der Waals surface area (Å²) in [4.78, 5) is 31.1. The number of aryl methyl sites for hydroxylation is 2. The molecule has 0 saturated carbocycles. The maximum atomic E-state index is 13.4. The highest BCUT2D eigenvalue weighted by Crippen LogP contribution is 2.34. The molecule has 31 heavy (non-hydrogen) atoms. The van der Waals surface area contributed by atoms with Gasteiger partial charge in [0.15, 0.2) is 0 Å². The number of benzene rings is 2. The van der Waals surface area contributed by atoms with Gasteiger partial charge in [0.05, 0.1) is 22.3 Å². The summed E-state index contributed by atoms with van der Waals surface area (Å²) in [6, 6.07) is 14.8. The average Bonchev–Trinajstić information content (AvgIpc) is 3.01. The highest BCUT2D eigenvalue weighted by atomic mass is 35.5. The number of fused-ring (bicyclic) bond motifs is 1. The zero-order valence-electron chi connectivity index (χ0n) is 17.2. The summed E-state index contributed by atoms with van der Waals surface area (Å²) in [6.07, 6.45) is 0. The second-order valence-electron chi connectivity index (χ2n) is 7.31. The van der Waals surface area contributed by atoms with Gasteiger partial charge in [-0.05, 0) is 44.0 Å². The Hall–Kier alpha value is -3.22. The number of nitrogens with zero attached hydrogens (tertiary/aromatic N) is 1. The molecule has 0 radical (unpaired) electrons. The second kappa shape index (κ2) is 8.13. The number of primary amides is 1. The molecular weight excluding hydrogens is 430 g/mol. The number of aromatic nitrogens is 1. The molecule has 0 unspecified atom stereocenters. The van der Waals surface area contributed by atoms with Crippen molar-refractivity contribution in [1.82, 2.24) is 4.98 Å². The molecule has 4 aromatic rings. The van der Waals surface area contributed by atoms with Crippen molar-refractivity contribution in [3.05, 3.63) is 80.7 Å². The maximum Gasteiger partial charge on any atom is 0.257 e. The molecule has 0 aliphatic heterocycles. The van der Waals surface area contributed by atoms with Gasteiger partial charge >= 0.3 is 0 Å². The van der Waals surface area contributed by atoms with Crippen LogP contribution in [0.15, 0.2) is 48.5 Å². The molecule has 0 bridgehead atoms. The number of rotatable bonds is 4. The zero-order chi connectivity index (χ0) is 22.3. The molecule has 2 heterocycles. The fourth-order valence-electron chi connectivity index (χ4n) is 3.57. The molecule has 0 saturated heterocycles. The molecule has 0 aliphatic rings. The van der Waals surface area contributed by atoms with Gasteiger partial charge in [-0.25, -0.2) is 4.98 Å². The molecule has 0 aliphatic carbocycles. The zero-order valence-corrected chi connectivity index (χ0v) is 18.8. The molecule has 7 heteroatoms. The third-order valence-corrected chi connectivity index (χ3v) is 6.75. The number of carbonyl (C=O) groups is 2. The highest BCUT2D eigenvalue weighted by Gasteiger charge is 2.22. The van der Waals surface area contributed by atoms with Crippen LogP contribution in [0.4, 0.5) is 5.00 Å². The van der Waals surface area contributed by atoms with Crippen LogP contribution in [0, 0.1) is 20.8 Å². The summed E-state index contributed by atoms with van der Waals surface area (Å²) in [7, 11) is 0. The average molecular weight is 450 g/mol. The minimum absolute atomic E-state index is 0.338. The third kappa shape index (κ3) is 3.80. The lowest BCUT2D eigenvalue weighted by atomic mass is 10.0. The number of carbonyl (C=O) groups excluding carboxylic acids is 2. The smallest absolute Gasteiger partial charge is 0.257 e. The Balaban J connectivity index is 1.88. The largest absolute Gasteiger partial charge is 0.365 e. The summed E-state index contributed by atoms with van der Waals surface area (Å²) in [5.74, 6) is -0.903. The second-order valence-corrected chi connectivity index (χ2v) is 8.94. The predicted molar refractivity (Wildman–Crippen MR) is 127 cm³/mol. The van der Waals surface area contributed by atoms with E-state index in [1.165, 1.54) is 11.3 Å². The molecule has 3 N–H and O–H groups in total. The fraction of sp³-hybridized carbons (Fsp3) is 0.125. The lowest BCUT2D eigenvalue weighted by molar-refractivity contribution is 0.100. The number of hydrogen-bond acceptors (Lipinski definition) is 4. The van der Waals surface area contributed by atoms with Crippen LogP contribution in [0.5, 0.6) is 0 Å². The van der Waals surface area contributed by atoms with Crippen LogP contribution in [-0.2, 0) is 0 Å². The number of amides is 2. The van der Waals surface area contributed by atoms with Gasteiger partial charge in [0.25, 0.3) is 11.8 Å².